The normalized spacial score (nSPS) is 10.6. The Bertz CT molecular complexity index is 849. The average Bonchev–Trinajstić information content (AvgIpc) is 2.52. The van der Waals surface area contributed by atoms with Crippen LogP contribution < -0.4 is 5.32 Å². The van der Waals surface area contributed by atoms with E-state index in [1.165, 1.54) is 0 Å². The van der Waals surface area contributed by atoms with E-state index in [-0.39, 0.29) is 5.69 Å². The molecule has 4 nitrogen and oxygen atoms in total. The summed E-state index contributed by atoms with van der Waals surface area (Å²) < 4.78 is 0. The Balaban J connectivity index is 1.96. The van der Waals surface area contributed by atoms with Gasteiger partial charge in [-0.1, -0.05) is 41.9 Å². The number of hydrogen-bond acceptors (Lipinski definition) is 3. The number of nitrogens with zero attached hydrogens (tertiary/aromatic N) is 1. The largest absolute Gasteiger partial charge is 0.477 e. The molecule has 1 heterocycles. The molecule has 0 unspecified atom stereocenters. The van der Waals surface area contributed by atoms with Gasteiger partial charge in [-0.25, -0.2) is 9.78 Å². The molecule has 0 saturated heterocycles. The van der Waals surface area contributed by atoms with E-state index in [2.05, 4.69) is 10.3 Å². The molecule has 0 bridgehead atoms. The SMILES string of the molecule is O=C(O)c1cc(NCc2cccc(Cl)c2)c2ccccc2n1. The van der Waals surface area contributed by atoms with Gasteiger partial charge in [0.2, 0.25) is 0 Å². The van der Waals surface area contributed by atoms with Gasteiger partial charge >= 0.3 is 5.97 Å². The van der Waals surface area contributed by atoms with Crippen LogP contribution in [0.25, 0.3) is 10.9 Å². The zero-order chi connectivity index (χ0) is 15.5. The molecule has 0 fully saturated rings. The van der Waals surface area contributed by atoms with Crippen LogP contribution in [0.15, 0.2) is 54.6 Å². The number of carboxylic acid groups (broad SMARTS) is 1. The molecular formula is C17H13ClN2O2. The number of nitrogens with one attached hydrogen (secondary N) is 1. The number of rotatable bonds is 4. The molecule has 1 aromatic heterocycles. The first-order valence-corrected chi connectivity index (χ1v) is 7.13. The highest BCUT2D eigenvalue weighted by molar-refractivity contribution is 6.30. The van der Waals surface area contributed by atoms with Gasteiger partial charge in [0, 0.05) is 22.6 Å². The number of carbonyl (C=O) groups is 1. The van der Waals surface area contributed by atoms with Crippen LogP contribution >= 0.6 is 11.6 Å². The van der Waals surface area contributed by atoms with Crippen LogP contribution in [0.5, 0.6) is 0 Å². The van der Waals surface area contributed by atoms with Crippen molar-refractivity contribution in [1.29, 1.82) is 0 Å². The Kier molecular flexibility index (Phi) is 3.94. The number of aromatic nitrogens is 1. The number of benzene rings is 2. The molecule has 0 amide bonds. The van der Waals surface area contributed by atoms with Crippen molar-refractivity contribution in [1.82, 2.24) is 4.98 Å². The highest BCUT2D eigenvalue weighted by Gasteiger charge is 2.10. The lowest BCUT2D eigenvalue weighted by Crippen LogP contribution is -2.05. The standard InChI is InChI=1S/C17H13ClN2O2/c18-12-5-3-4-11(8-12)10-19-15-9-16(17(21)22)20-14-7-2-1-6-13(14)15/h1-9H,10H2,(H,19,20)(H,21,22). The second-order valence-electron chi connectivity index (χ2n) is 4.86. The van der Waals surface area contributed by atoms with Gasteiger partial charge in [0.25, 0.3) is 0 Å². The lowest BCUT2D eigenvalue weighted by Gasteiger charge is -2.11. The quantitative estimate of drug-likeness (QED) is 0.758. The zero-order valence-corrected chi connectivity index (χ0v) is 12.3. The number of aromatic carboxylic acids is 1. The second-order valence-corrected chi connectivity index (χ2v) is 5.30. The molecular weight excluding hydrogens is 300 g/mol. The number of pyridine rings is 1. The molecule has 0 aliphatic carbocycles. The van der Waals surface area contributed by atoms with Gasteiger partial charge in [-0.3, -0.25) is 0 Å². The van der Waals surface area contributed by atoms with E-state index >= 15 is 0 Å². The Hall–Kier alpha value is -2.59. The first kappa shape index (κ1) is 14.4. The summed E-state index contributed by atoms with van der Waals surface area (Å²) in [7, 11) is 0. The van der Waals surface area contributed by atoms with Gasteiger partial charge in [0.1, 0.15) is 0 Å². The maximum atomic E-state index is 11.2. The maximum Gasteiger partial charge on any atom is 0.354 e. The van der Waals surface area contributed by atoms with Crippen LogP contribution in [-0.4, -0.2) is 16.1 Å². The minimum absolute atomic E-state index is 0.0206. The molecule has 0 spiro atoms. The minimum atomic E-state index is -1.04. The van der Waals surface area contributed by atoms with E-state index in [1.54, 1.807) is 12.1 Å². The summed E-state index contributed by atoms with van der Waals surface area (Å²) in [6.07, 6.45) is 0. The number of fused-ring (bicyclic) bond motifs is 1. The highest BCUT2D eigenvalue weighted by atomic mass is 35.5. The van der Waals surface area contributed by atoms with E-state index in [4.69, 9.17) is 11.6 Å². The lowest BCUT2D eigenvalue weighted by molar-refractivity contribution is 0.0691. The predicted octanol–water partition coefficient (Wildman–Crippen LogP) is 4.20. The fraction of sp³-hybridized carbons (Fsp3) is 0.0588. The topological polar surface area (TPSA) is 62.2 Å². The van der Waals surface area contributed by atoms with Crippen molar-refractivity contribution in [2.24, 2.45) is 0 Å². The molecule has 0 atom stereocenters. The van der Waals surface area contributed by atoms with Crippen LogP contribution in [0.3, 0.4) is 0 Å². The third-order valence-electron chi connectivity index (χ3n) is 3.31. The van der Waals surface area contributed by atoms with Crippen LogP contribution in [0.1, 0.15) is 16.1 Å². The summed E-state index contributed by atoms with van der Waals surface area (Å²) in [6, 6.07) is 16.5. The van der Waals surface area contributed by atoms with Gasteiger partial charge in [-0.15, -0.1) is 0 Å². The molecule has 3 rings (SSSR count). The van der Waals surface area contributed by atoms with E-state index in [9.17, 15) is 9.90 Å². The summed E-state index contributed by atoms with van der Waals surface area (Å²) in [6.45, 7) is 0.549. The highest BCUT2D eigenvalue weighted by Crippen LogP contribution is 2.24. The van der Waals surface area contributed by atoms with Crippen molar-refractivity contribution in [2.45, 2.75) is 6.54 Å². The fourth-order valence-electron chi connectivity index (χ4n) is 2.28. The summed E-state index contributed by atoms with van der Waals surface area (Å²) in [4.78, 5) is 15.4. The number of para-hydroxylation sites is 1. The number of halogens is 1. The Morgan fingerprint density at radius 1 is 1.14 bits per heavy atom. The molecule has 5 heteroatoms. The molecule has 3 aromatic rings. The van der Waals surface area contributed by atoms with Gasteiger partial charge in [0.05, 0.1) is 5.52 Å². The summed E-state index contributed by atoms with van der Waals surface area (Å²) in [5.74, 6) is -1.04. The molecule has 2 N–H and O–H groups in total. The van der Waals surface area contributed by atoms with Crippen molar-refractivity contribution in [3.63, 3.8) is 0 Å². The summed E-state index contributed by atoms with van der Waals surface area (Å²) >= 11 is 5.97. The molecule has 22 heavy (non-hydrogen) atoms. The Morgan fingerprint density at radius 3 is 2.73 bits per heavy atom. The molecule has 0 aliphatic heterocycles. The molecule has 0 aliphatic rings. The third kappa shape index (κ3) is 3.02. The van der Waals surface area contributed by atoms with Crippen LogP contribution in [-0.2, 0) is 6.54 Å². The third-order valence-corrected chi connectivity index (χ3v) is 3.54. The van der Waals surface area contributed by atoms with Crippen molar-refractivity contribution in [3.8, 4) is 0 Å². The van der Waals surface area contributed by atoms with Crippen molar-refractivity contribution >= 4 is 34.2 Å². The van der Waals surface area contributed by atoms with Crippen molar-refractivity contribution in [3.05, 3.63) is 70.9 Å². The smallest absolute Gasteiger partial charge is 0.354 e. The number of hydrogen-bond donors (Lipinski definition) is 2. The molecule has 2 aromatic carbocycles. The van der Waals surface area contributed by atoms with Gasteiger partial charge in [0.15, 0.2) is 5.69 Å². The molecule has 0 saturated carbocycles. The van der Waals surface area contributed by atoms with Crippen molar-refractivity contribution < 1.29 is 9.90 Å². The first-order valence-electron chi connectivity index (χ1n) is 6.75. The first-order chi connectivity index (χ1) is 10.6. The van der Waals surface area contributed by atoms with E-state index in [1.807, 2.05) is 42.5 Å². The second kappa shape index (κ2) is 6.03. The zero-order valence-electron chi connectivity index (χ0n) is 11.6. The van der Waals surface area contributed by atoms with E-state index in [0.29, 0.717) is 17.1 Å². The predicted molar refractivity (Wildman–Crippen MR) is 87.5 cm³/mol. The molecule has 0 radical (unpaired) electrons. The van der Waals surface area contributed by atoms with Crippen LogP contribution in [0.4, 0.5) is 5.69 Å². The lowest BCUT2D eigenvalue weighted by atomic mass is 10.1. The summed E-state index contributed by atoms with van der Waals surface area (Å²) in [5, 5.41) is 14.0. The average molecular weight is 313 g/mol. The Morgan fingerprint density at radius 2 is 1.95 bits per heavy atom. The fourth-order valence-corrected chi connectivity index (χ4v) is 2.49. The van der Waals surface area contributed by atoms with Crippen molar-refractivity contribution in [2.75, 3.05) is 5.32 Å². The monoisotopic (exact) mass is 312 g/mol. The number of anilines is 1. The Labute approximate surface area is 132 Å². The van der Waals surface area contributed by atoms with Gasteiger partial charge in [-0.2, -0.15) is 0 Å². The van der Waals surface area contributed by atoms with Crippen LogP contribution in [0.2, 0.25) is 5.02 Å². The van der Waals surface area contributed by atoms with Gasteiger partial charge in [-0.05, 0) is 29.8 Å². The van der Waals surface area contributed by atoms with E-state index in [0.717, 1.165) is 16.6 Å². The minimum Gasteiger partial charge on any atom is -0.477 e. The van der Waals surface area contributed by atoms with Crippen LogP contribution in [0, 0.1) is 0 Å². The summed E-state index contributed by atoms with van der Waals surface area (Å²) in [5.41, 5.74) is 2.43. The van der Waals surface area contributed by atoms with E-state index < -0.39 is 5.97 Å². The van der Waals surface area contributed by atoms with Gasteiger partial charge < -0.3 is 10.4 Å². The molecule has 110 valence electrons. The maximum absolute atomic E-state index is 11.2. The number of carboxylic acids is 1.